The number of nitrogens with zero attached hydrogens (tertiary/aromatic N) is 2. The predicted octanol–water partition coefficient (Wildman–Crippen LogP) is 11.7. The number of rotatable bonds is 4. The van der Waals surface area contributed by atoms with Gasteiger partial charge in [-0.1, -0.05) is 123 Å². The number of benzene rings is 6. The molecule has 6 aromatic rings. The van der Waals surface area contributed by atoms with Gasteiger partial charge >= 0.3 is 0 Å². The van der Waals surface area contributed by atoms with Gasteiger partial charge in [-0.25, -0.2) is 0 Å². The zero-order chi connectivity index (χ0) is 30.1. The molecular weight excluding hydrogens is 544 g/mol. The molecule has 2 aliphatic heterocycles. The molecule has 216 valence electrons. The van der Waals surface area contributed by atoms with Gasteiger partial charge in [-0.05, 0) is 82.1 Å². The summed E-state index contributed by atoms with van der Waals surface area (Å²) in [7, 11) is 0. The minimum atomic E-state index is -0.0463. The third-order valence-corrected chi connectivity index (χ3v) is 10.1. The highest BCUT2D eigenvalue weighted by Gasteiger charge is 2.46. The molecule has 0 fully saturated rings. The molecule has 0 aromatic heterocycles. The van der Waals surface area contributed by atoms with E-state index >= 15 is 0 Å². The minimum absolute atomic E-state index is 0.0463. The first-order valence-electron chi connectivity index (χ1n) is 16.0. The third-order valence-electron chi connectivity index (χ3n) is 10.1. The first-order valence-corrected chi connectivity index (χ1v) is 16.0. The van der Waals surface area contributed by atoms with Gasteiger partial charge in [0, 0.05) is 45.2 Å². The Morgan fingerprint density at radius 3 is 2.29 bits per heavy atom. The van der Waals surface area contributed by atoms with E-state index in [1.54, 1.807) is 0 Å². The summed E-state index contributed by atoms with van der Waals surface area (Å²) in [6.07, 6.45) is 5.80. The topological polar surface area (TPSA) is 6.48 Å². The van der Waals surface area contributed by atoms with Gasteiger partial charge in [0.25, 0.3) is 0 Å². The van der Waals surface area contributed by atoms with Crippen LogP contribution in [-0.2, 0) is 5.41 Å². The summed E-state index contributed by atoms with van der Waals surface area (Å²) >= 11 is 0. The fourth-order valence-electron chi connectivity index (χ4n) is 7.97. The number of hydrogen-bond donors (Lipinski definition) is 0. The van der Waals surface area contributed by atoms with Gasteiger partial charge in [0.05, 0.1) is 5.69 Å². The fourth-order valence-corrected chi connectivity index (χ4v) is 7.97. The molecule has 2 nitrogen and oxygen atoms in total. The van der Waals surface area contributed by atoms with Crippen LogP contribution in [0.15, 0.2) is 163 Å². The van der Waals surface area contributed by atoms with E-state index in [1.807, 2.05) is 0 Å². The van der Waals surface area contributed by atoms with Gasteiger partial charge in [-0.15, -0.1) is 0 Å². The summed E-state index contributed by atoms with van der Waals surface area (Å²) in [6.45, 7) is 4.77. The van der Waals surface area contributed by atoms with E-state index in [9.17, 15) is 0 Å². The Hall–Kier alpha value is -5.34. The van der Waals surface area contributed by atoms with Gasteiger partial charge < -0.3 is 9.80 Å². The number of anilines is 5. The summed E-state index contributed by atoms with van der Waals surface area (Å²) in [5.41, 5.74) is 14.2. The lowest BCUT2D eigenvalue weighted by Crippen LogP contribution is -2.33. The molecule has 0 saturated carbocycles. The lowest BCUT2D eigenvalue weighted by Gasteiger charge is -2.42. The second-order valence-corrected chi connectivity index (χ2v) is 13.0. The standard InChI is InChI=1S/C43H34N2/c1-43(2)37-21-8-9-23-41(37)45-40-26-25-33(28-36(40)35-20-12-22-38(43)42(35)45)44(39-24-11-16-30-15-6-7-19-34(30)39)32-18-10-17-31(27-32)29-13-4-3-5-14-29/h3-19,21-28,35H,20H2,1-2H3. The number of hydrogen-bond acceptors (Lipinski definition) is 2. The Morgan fingerprint density at radius 1 is 0.644 bits per heavy atom. The van der Waals surface area contributed by atoms with Crippen LogP contribution in [0.4, 0.5) is 28.4 Å². The van der Waals surface area contributed by atoms with E-state index in [-0.39, 0.29) is 5.41 Å². The van der Waals surface area contributed by atoms with Crippen LogP contribution in [0.2, 0.25) is 0 Å². The summed E-state index contributed by atoms with van der Waals surface area (Å²) in [4.78, 5) is 5.01. The monoisotopic (exact) mass is 578 g/mol. The van der Waals surface area contributed by atoms with E-state index < -0.39 is 0 Å². The van der Waals surface area contributed by atoms with Crippen molar-refractivity contribution < 1.29 is 0 Å². The molecule has 0 amide bonds. The molecule has 9 rings (SSSR count). The molecule has 1 atom stereocenters. The summed E-state index contributed by atoms with van der Waals surface area (Å²) in [5, 5.41) is 2.48. The quantitative estimate of drug-likeness (QED) is 0.205. The average molecular weight is 579 g/mol. The van der Waals surface area contributed by atoms with Crippen molar-refractivity contribution in [2.75, 3.05) is 9.80 Å². The smallest absolute Gasteiger partial charge is 0.0540 e. The molecule has 3 aliphatic rings. The van der Waals surface area contributed by atoms with E-state index in [1.165, 1.54) is 67.0 Å². The molecule has 2 heterocycles. The molecule has 1 aliphatic carbocycles. The molecule has 0 spiro atoms. The van der Waals surface area contributed by atoms with Crippen LogP contribution in [0, 0.1) is 0 Å². The predicted molar refractivity (Wildman–Crippen MR) is 189 cm³/mol. The highest BCUT2D eigenvalue weighted by atomic mass is 15.2. The first kappa shape index (κ1) is 26.1. The Kier molecular flexibility index (Phi) is 5.70. The minimum Gasteiger partial charge on any atom is -0.313 e. The highest BCUT2D eigenvalue weighted by molar-refractivity contribution is 5.99. The number of allylic oxidation sites excluding steroid dienone is 4. The van der Waals surface area contributed by atoms with Gasteiger partial charge in [0.2, 0.25) is 0 Å². The van der Waals surface area contributed by atoms with Crippen molar-refractivity contribution in [2.24, 2.45) is 0 Å². The average Bonchev–Trinajstić information content (AvgIpc) is 3.42. The lowest BCUT2D eigenvalue weighted by atomic mass is 9.70. The Morgan fingerprint density at radius 2 is 1.38 bits per heavy atom. The molecule has 0 radical (unpaired) electrons. The van der Waals surface area contributed by atoms with E-state index in [2.05, 4.69) is 175 Å². The van der Waals surface area contributed by atoms with Crippen LogP contribution in [-0.4, -0.2) is 0 Å². The molecular formula is C43H34N2. The molecule has 0 bridgehead atoms. The summed E-state index contributed by atoms with van der Waals surface area (Å²) < 4.78 is 0. The zero-order valence-corrected chi connectivity index (χ0v) is 25.6. The summed E-state index contributed by atoms with van der Waals surface area (Å²) in [6, 6.07) is 51.2. The van der Waals surface area contributed by atoms with Crippen molar-refractivity contribution in [3.63, 3.8) is 0 Å². The van der Waals surface area contributed by atoms with Crippen LogP contribution >= 0.6 is 0 Å². The van der Waals surface area contributed by atoms with Gasteiger partial charge in [0.15, 0.2) is 0 Å². The van der Waals surface area contributed by atoms with Crippen LogP contribution in [0.5, 0.6) is 0 Å². The Bertz CT molecular complexity index is 2180. The second-order valence-electron chi connectivity index (χ2n) is 13.0. The molecule has 6 aromatic carbocycles. The highest BCUT2D eigenvalue weighted by Crippen LogP contribution is 2.60. The Labute approximate surface area is 265 Å². The van der Waals surface area contributed by atoms with Gasteiger partial charge in [-0.3, -0.25) is 0 Å². The van der Waals surface area contributed by atoms with E-state index in [4.69, 9.17) is 0 Å². The largest absolute Gasteiger partial charge is 0.313 e. The first-order chi connectivity index (χ1) is 22.1. The zero-order valence-electron chi connectivity index (χ0n) is 25.6. The van der Waals surface area contributed by atoms with Crippen molar-refractivity contribution in [2.45, 2.75) is 31.6 Å². The molecule has 0 saturated heterocycles. The third kappa shape index (κ3) is 3.88. The molecule has 0 N–H and O–H groups in total. The van der Waals surface area contributed by atoms with Crippen molar-refractivity contribution in [1.82, 2.24) is 0 Å². The summed E-state index contributed by atoms with van der Waals surface area (Å²) in [5.74, 6) is 0.331. The van der Waals surface area contributed by atoms with Crippen molar-refractivity contribution >= 4 is 39.2 Å². The molecule has 1 unspecified atom stereocenters. The van der Waals surface area contributed by atoms with Gasteiger partial charge in [0.1, 0.15) is 0 Å². The number of para-hydroxylation sites is 1. The van der Waals surface area contributed by atoms with Crippen LogP contribution in [0.1, 0.15) is 37.3 Å². The lowest BCUT2D eigenvalue weighted by molar-refractivity contribution is 0.598. The van der Waals surface area contributed by atoms with Crippen LogP contribution < -0.4 is 9.80 Å². The van der Waals surface area contributed by atoms with Crippen LogP contribution in [0.3, 0.4) is 0 Å². The van der Waals surface area contributed by atoms with Crippen molar-refractivity contribution in [1.29, 1.82) is 0 Å². The Balaban J connectivity index is 1.26. The molecule has 45 heavy (non-hydrogen) atoms. The SMILES string of the molecule is CC1(C)C2=C3C(CC=C2)c2cc(N(c4cccc(-c5ccccc5)c4)c4cccc5ccccc45)ccc2N3c2ccccc21. The number of fused-ring (bicyclic) bond motifs is 6. The van der Waals surface area contributed by atoms with Crippen molar-refractivity contribution in [3.8, 4) is 11.1 Å². The van der Waals surface area contributed by atoms with E-state index in [0.29, 0.717) is 5.92 Å². The maximum Gasteiger partial charge on any atom is 0.0540 e. The molecule has 2 heteroatoms. The van der Waals surface area contributed by atoms with Gasteiger partial charge in [-0.2, -0.15) is 0 Å². The normalized spacial score (nSPS) is 17.2. The second kappa shape index (κ2) is 9.84. The maximum atomic E-state index is 2.56. The fraction of sp³-hybridized carbons (Fsp3) is 0.116. The van der Waals surface area contributed by atoms with Crippen LogP contribution in [0.25, 0.3) is 21.9 Å². The van der Waals surface area contributed by atoms with E-state index in [0.717, 1.165) is 12.1 Å². The maximum absolute atomic E-state index is 2.56. The van der Waals surface area contributed by atoms with Crippen molar-refractivity contribution in [3.05, 3.63) is 174 Å².